The Kier molecular flexibility index (Phi) is 7.51. The number of pyridine rings is 1. The van der Waals surface area contributed by atoms with Gasteiger partial charge in [-0.25, -0.2) is 14.2 Å². The third-order valence-electron chi connectivity index (χ3n) is 5.01. The van der Waals surface area contributed by atoms with Crippen molar-refractivity contribution in [3.05, 3.63) is 51.4 Å². The number of amides is 1. The van der Waals surface area contributed by atoms with Crippen molar-refractivity contribution in [3.8, 4) is 17.6 Å². The maximum Gasteiger partial charge on any atom is 0.410 e. The number of hydrogen-bond acceptors (Lipinski definition) is 6. The van der Waals surface area contributed by atoms with Gasteiger partial charge in [0.15, 0.2) is 11.6 Å². The van der Waals surface area contributed by atoms with Crippen LogP contribution in [0.5, 0.6) is 5.75 Å². The number of halogens is 3. The fourth-order valence-electron chi connectivity index (χ4n) is 3.35. The molecule has 2 aromatic rings. The number of nitrogen functional groups attached to an aromatic ring is 1. The monoisotopic (exact) mass is 509 g/mol. The number of nitrogens with two attached hydrogens (primary N) is 1. The molecule has 0 radical (unpaired) electrons. The molecule has 7 nitrogen and oxygen atoms in total. The molecular formula is C24H26Cl2FN3O4. The first-order chi connectivity index (χ1) is 15.8. The lowest BCUT2D eigenvalue weighted by atomic mass is 10.0. The molecule has 10 heteroatoms. The molecule has 1 fully saturated rings. The highest BCUT2D eigenvalue weighted by molar-refractivity contribution is 6.36. The molecule has 0 bridgehead atoms. The molecule has 34 heavy (non-hydrogen) atoms. The van der Waals surface area contributed by atoms with Crippen molar-refractivity contribution in [1.82, 2.24) is 9.88 Å². The highest BCUT2D eigenvalue weighted by Gasteiger charge is 2.38. The number of hydrogen-bond donors (Lipinski definition) is 2. The van der Waals surface area contributed by atoms with Crippen molar-refractivity contribution in [3.63, 3.8) is 0 Å². The standard InChI is InChI=1S/C24H26Cl2FN3O4/c1-14(19-16(25)5-6-17(27)20(19)26)33-18-11-15(12-29-21(18)28)7-8-24(32)9-10-30(13-24)22(31)34-23(2,3)4/h5-6,11-12,14,32H,9-10,13H2,1-4H3,(H2,28,29)/t14-,24?/m1/s1. The minimum absolute atomic E-state index is 0.0221. The van der Waals surface area contributed by atoms with Crippen LogP contribution in [0.25, 0.3) is 0 Å². The van der Waals surface area contributed by atoms with Crippen molar-refractivity contribution in [1.29, 1.82) is 0 Å². The second-order valence-corrected chi connectivity index (χ2v) is 9.84. The van der Waals surface area contributed by atoms with Crippen molar-refractivity contribution in [2.45, 2.75) is 51.4 Å². The van der Waals surface area contributed by atoms with Crippen LogP contribution in [-0.2, 0) is 4.74 Å². The van der Waals surface area contributed by atoms with Gasteiger partial charge in [0.25, 0.3) is 0 Å². The van der Waals surface area contributed by atoms with Crippen molar-refractivity contribution >= 4 is 35.1 Å². The minimum Gasteiger partial charge on any atom is -0.482 e. The summed E-state index contributed by atoms with van der Waals surface area (Å²) in [6, 6.07) is 4.12. The summed E-state index contributed by atoms with van der Waals surface area (Å²) < 4.78 is 25.1. The molecule has 1 aliphatic rings. The number of benzene rings is 1. The number of carbonyl (C=O) groups is 1. The number of carbonyl (C=O) groups excluding carboxylic acids is 1. The molecule has 0 spiro atoms. The number of β-amino-alcohol motifs (C(OH)–C–C–N with tert-alkyl or cyclic N) is 1. The zero-order chi connectivity index (χ0) is 25.3. The van der Waals surface area contributed by atoms with E-state index in [9.17, 15) is 14.3 Å². The number of anilines is 1. The lowest BCUT2D eigenvalue weighted by Gasteiger charge is -2.24. The second-order valence-electron chi connectivity index (χ2n) is 9.06. The van der Waals surface area contributed by atoms with Crippen LogP contribution in [0.4, 0.5) is 15.0 Å². The Hall–Kier alpha value is -2.73. The zero-order valence-electron chi connectivity index (χ0n) is 19.3. The Balaban J connectivity index is 1.76. The first-order valence-electron chi connectivity index (χ1n) is 10.6. The summed E-state index contributed by atoms with van der Waals surface area (Å²) in [7, 11) is 0. The molecule has 1 aromatic carbocycles. The molecule has 1 unspecified atom stereocenters. The number of rotatable bonds is 3. The van der Waals surface area contributed by atoms with E-state index in [2.05, 4.69) is 16.8 Å². The smallest absolute Gasteiger partial charge is 0.410 e. The SMILES string of the molecule is C[C@@H](Oc1cc(C#CC2(O)CCN(C(=O)OC(C)(C)C)C2)cnc1N)c1c(Cl)ccc(F)c1Cl. The summed E-state index contributed by atoms with van der Waals surface area (Å²) in [6.07, 6.45) is 0.480. The summed E-state index contributed by atoms with van der Waals surface area (Å²) in [6.45, 7) is 7.32. The van der Waals surface area contributed by atoms with E-state index in [1.807, 2.05) is 0 Å². The Labute approximate surface area is 208 Å². The Morgan fingerprint density at radius 1 is 1.38 bits per heavy atom. The van der Waals surface area contributed by atoms with E-state index in [-0.39, 0.29) is 40.1 Å². The normalized spacial score (nSPS) is 18.8. The summed E-state index contributed by atoms with van der Waals surface area (Å²) in [4.78, 5) is 17.8. The van der Waals surface area contributed by atoms with Crippen LogP contribution in [0.3, 0.4) is 0 Å². The molecule has 1 aliphatic heterocycles. The van der Waals surface area contributed by atoms with Crippen LogP contribution in [-0.4, -0.2) is 45.4 Å². The van der Waals surface area contributed by atoms with Crippen molar-refractivity contribution < 1.29 is 23.8 Å². The highest BCUT2D eigenvalue weighted by atomic mass is 35.5. The van der Waals surface area contributed by atoms with Crippen LogP contribution in [0, 0.1) is 17.7 Å². The van der Waals surface area contributed by atoms with E-state index in [0.717, 1.165) is 0 Å². The Bertz CT molecular complexity index is 1160. The largest absolute Gasteiger partial charge is 0.482 e. The van der Waals surface area contributed by atoms with Gasteiger partial charge in [0.05, 0.1) is 11.6 Å². The van der Waals surface area contributed by atoms with E-state index in [1.165, 1.54) is 23.2 Å². The van der Waals surface area contributed by atoms with Gasteiger partial charge in [0.2, 0.25) is 0 Å². The van der Waals surface area contributed by atoms with E-state index in [1.54, 1.807) is 33.8 Å². The van der Waals surface area contributed by atoms with Crippen LogP contribution in [0.15, 0.2) is 24.4 Å². The number of aliphatic hydroxyl groups is 1. The second kappa shape index (κ2) is 9.87. The number of likely N-dealkylation sites (tertiary alicyclic amines) is 1. The van der Waals surface area contributed by atoms with E-state index in [4.69, 9.17) is 38.4 Å². The maximum absolute atomic E-state index is 13.9. The predicted molar refractivity (Wildman–Crippen MR) is 128 cm³/mol. The molecule has 1 amide bonds. The molecular weight excluding hydrogens is 484 g/mol. The quantitative estimate of drug-likeness (QED) is 0.447. The topological polar surface area (TPSA) is 97.9 Å². The van der Waals surface area contributed by atoms with Crippen molar-refractivity contribution in [2.75, 3.05) is 18.8 Å². The van der Waals surface area contributed by atoms with Gasteiger partial charge in [-0.15, -0.1) is 0 Å². The third-order valence-corrected chi connectivity index (χ3v) is 5.72. The van der Waals surface area contributed by atoms with Gasteiger partial charge >= 0.3 is 6.09 Å². The summed E-state index contributed by atoms with van der Waals surface area (Å²) in [5.41, 5.74) is 4.62. The van der Waals surface area contributed by atoms with Crippen LogP contribution in [0.1, 0.15) is 51.3 Å². The first kappa shape index (κ1) is 25.9. The van der Waals surface area contributed by atoms with E-state index >= 15 is 0 Å². The Morgan fingerprint density at radius 3 is 2.76 bits per heavy atom. The highest BCUT2D eigenvalue weighted by Crippen LogP contribution is 2.36. The Morgan fingerprint density at radius 2 is 2.09 bits per heavy atom. The minimum atomic E-state index is -1.39. The molecule has 1 aromatic heterocycles. The fourth-order valence-corrected chi connectivity index (χ4v) is 4.03. The van der Waals surface area contributed by atoms with E-state index < -0.39 is 29.2 Å². The van der Waals surface area contributed by atoms with Gasteiger partial charge in [0, 0.05) is 41.4 Å². The van der Waals surface area contributed by atoms with Crippen LogP contribution >= 0.6 is 23.2 Å². The fraction of sp³-hybridized carbons (Fsp3) is 0.417. The van der Waals surface area contributed by atoms with Gasteiger partial charge in [-0.05, 0) is 39.8 Å². The van der Waals surface area contributed by atoms with Gasteiger partial charge < -0.3 is 25.2 Å². The van der Waals surface area contributed by atoms with Crippen LogP contribution < -0.4 is 10.5 Å². The lowest BCUT2D eigenvalue weighted by Crippen LogP contribution is -2.38. The molecule has 0 saturated carbocycles. The predicted octanol–water partition coefficient (Wildman–Crippen LogP) is 4.97. The molecule has 182 valence electrons. The van der Waals surface area contributed by atoms with Crippen LogP contribution in [0.2, 0.25) is 10.0 Å². The summed E-state index contributed by atoms with van der Waals surface area (Å²) in [5, 5.41) is 10.9. The van der Waals surface area contributed by atoms with Gasteiger partial charge in [-0.1, -0.05) is 35.0 Å². The molecule has 3 N–H and O–H groups in total. The van der Waals surface area contributed by atoms with E-state index in [0.29, 0.717) is 12.1 Å². The molecule has 0 aliphatic carbocycles. The lowest BCUT2D eigenvalue weighted by molar-refractivity contribution is 0.0239. The zero-order valence-corrected chi connectivity index (χ0v) is 20.8. The van der Waals surface area contributed by atoms with Gasteiger partial charge in [-0.3, -0.25) is 0 Å². The summed E-state index contributed by atoms with van der Waals surface area (Å²) in [5.74, 6) is 5.34. The third kappa shape index (κ3) is 6.23. The molecule has 3 rings (SSSR count). The average molecular weight is 510 g/mol. The number of nitrogens with zero attached hydrogens (tertiary/aromatic N) is 2. The number of ether oxygens (including phenoxy) is 2. The van der Waals surface area contributed by atoms with Gasteiger partial charge in [-0.2, -0.15) is 0 Å². The molecule has 2 atom stereocenters. The average Bonchev–Trinajstić information content (AvgIpc) is 3.13. The molecule has 2 heterocycles. The summed E-state index contributed by atoms with van der Waals surface area (Å²) >= 11 is 12.2. The number of aromatic nitrogens is 1. The molecule has 1 saturated heterocycles. The van der Waals surface area contributed by atoms with Crippen molar-refractivity contribution in [2.24, 2.45) is 0 Å². The maximum atomic E-state index is 13.9. The van der Waals surface area contributed by atoms with Gasteiger partial charge in [0.1, 0.15) is 23.1 Å². The first-order valence-corrected chi connectivity index (χ1v) is 11.3.